The Labute approximate surface area is 154 Å². The maximum atomic E-state index is 6.22. The summed E-state index contributed by atoms with van der Waals surface area (Å²) in [6, 6.07) is 9.80. The molecule has 2 fully saturated rings. The minimum absolute atomic E-state index is 0.307. The summed E-state index contributed by atoms with van der Waals surface area (Å²) >= 11 is 0. The second-order valence-corrected chi connectivity index (χ2v) is 6.13. The molecule has 1 aromatic carbocycles. The maximum absolute atomic E-state index is 6.22. The molecule has 0 aromatic heterocycles. The zero-order chi connectivity index (χ0) is 18.4. The van der Waals surface area contributed by atoms with Gasteiger partial charge in [0.05, 0.1) is 19.8 Å². The monoisotopic (exact) mass is 362 g/mol. The van der Waals surface area contributed by atoms with Crippen LogP contribution in [0, 0.1) is 0 Å². The van der Waals surface area contributed by atoms with Gasteiger partial charge in [-0.2, -0.15) is 0 Å². The van der Waals surface area contributed by atoms with E-state index in [1.165, 1.54) is 0 Å². The molecule has 0 saturated carbocycles. The minimum Gasteiger partial charge on any atom is -0.368 e. The molecule has 2 saturated heterocycles. The van der Waals surface area contributed by atoms with E-state index in [1.807, 2.05) is 30.3 Å². The van der Waals surface area contributed by atoms with Crippen LogP contribution in [-0.2, 0) is 28.4 Å². The number of benzene rings is 1. The van der Waals surface area contributed by atoms with Crippen molar-refractivity contribution in [3.8, 4) is 0 Å². The maximum Gasteiger partial charge on any atom is 0.186 e. The third-order valence-electron chi connectivity index (χ3n) is 4.40. The van der Waals surface area contributed by atoms with Crippen LogP contribution in [0.15, 0.2) is 55.6 Å². The lowest BCUT2D eigenvalue weighted by Crippen LogP contribution is -2.63. The number of ether oxygens (including phenoxy) is 6. The van der Waals surface area contributed by atoms with Crippen molar-refractivity contribution in [1.82, 2.24) is 0 Å². The highest BCUT2D eigenvalue weighted by Crippen LogP contribution is 2.36. The summed E-state index contributed by atoms with van der Waals surface area (Å²) in [6.07, 6.45) is 0.835. The lowest BCUT2D eigenvalue weighted by atomic mass is 9.97. The van der Waals surface area contributed by atoms with Crippen molar-refractivity contribution in [2.45, 2.75) is 37.0 Å². The molecule has 2 aliphatic rings. The van der Waals surface area contributed by atoms with Gasteiger partial charge in [-0.3, -0.25) is 0 Å². The van der Waals surface area contributed by atoms with Crippen LogP contribution in [-0.4, -0.2) is 57.6 Å². The third kappa shape index (κ3) is 4.23. The molecule has 6 heteroatoms. The second kappa shape index (κ2) is 9.41. The molecule has 0 unspecified atom stereocenters. The summed E-state index contributed by atoms with van der Waals surface area (Å²) in [4.78, 5) is 0. The Balaban J connectivity index is 1.81. The third-order valence-corrected chi connectivity index (χ3v) is 4.40. The van der Waals surface area contributed by atoms with Crippen LogP contribution < -0.4 is 0 Å². The van der Waals surface area contributed by atoms with Gasteiger partial charge in [-0.15, -0.1) is 13.2 Å². The van der Waals surface area contributed by atoms with E-state index < -0.39 is 18.7 Å². The van der Waals surface area contributed by atoms with Crippen molar-refractivity contribution < 1.29 is 28.4 Å². The Morgan fingerprint density at radius 2 is 1.73 bits per heavy atom. The molecule has 6 nitrogen and oxygen atoms in total. The van der Waals surface area contributed by atoms with Gasteiger partial charge in [-0.25, -0.2) is 0 Å². The molecule has 0 aliphatic carbocycles. The van der Waals surface area contributed by atoms with Crippen LogP contribution in [0.4, 0.5) is 0 Å². The second-order valence-electron chi connectivity index (χ2n) is 6.13. The predicted molar refractivity (Wildman–Crippen MR) is 95.6 cm³/mol. The van der Waals surface area contributed by atoms with Gasteiger partial charge in [-0.05, 0) is 0 Å². The molecule has 0 spiro atoms. The number of hydrogen-bond acceptors (Lipinski definition) is 6. The van der Waals surface area contributed by atoms with E-state index in [0.717, 1.165) is 5.56 Å². The van der Waals surface area contributed by atoms with Gasteiger partial charge in [0.1, 0.15) is 24.4 Å². The lowest BCUT2D eigenvalue weighted by molar-refractivity contribution is -0.365. The lowest BCUT2D eigenvalue weighted by Gasteiger charge is -2.48. The van der Waals surface area contributed by atoms with Crippen molar-refractivity contribution in [1.29, 1.82) is 0 Å². The predicted octanol–water partition coefficient (Wildman–Crippen LogP) is 2.61. The first-order chi connectivity index (χ1) is 12.8. The average Bonchev–Trinajstić information content (AvgIpc) is 2.70. The largest absolute Gasteiger partial charge is 0.368 e. The summed E-state index contributed by atoms with van der Waals surface area (Å²) in [6.45, 7) is 8.54. The minimum atomic E-state index is -0.577. The Bertz CT molecular complexity index is 577. The highest BCUT2D eigenvalue weighted by Gasteiger charge is 2.51. The Hall–Kier alpha value is -1.54. The summed E-state index contributed by atoms with van der Waals surface area (Å²) < 4.78 is 35.5. The summed E-state index contributed by atoms with van der Waals surface area (Å²) in [5.41, 5.74) is 0.950. The number of methoxy groups -OCH3 is 1. The van der Waals surface area contributed by atoms with Crippen LogP contribution in [0.2, 0.25) is 0 Å². The van der Waals surface area contributed by atoms with E-state index >= 15 is 0 Å². The van der Waals surface area contributed by atoms with E-state index in [1.54, 1.807) is 19.3 Å². The number of rotatable bonds is 8. The van der Waals surface area contributed by atoms with Crippen LogP contribution >= 0.6 is 0 Å². The molecular formula is C20H26O6. The number of fused-ring (bicyclic) bond motifs is 1. The molecule has 3 rings (SSSR count). The molecule has 2 aliphatic heterocycles. The van der Waals surface area contributed by atoms with Crippen LogP contribution in [0.3, 0.4) is 0 Å². The number of hydrogen-bond donors (Lipinski definition) is 0. The highest BCUT2D eigenvalue weighted by atomic mass is 16.8. The molecule has 0 bridgehead atoms. The van der Waals surface area contributed by atoms with E-state index in [-0.39, 0.29) is 18.3 Å². The van der Waals surface area contributed by atoms with Gasteiger partial charge in [0, 0.05) is 12.7 Å². The van der Waals surface area contributed by atoms with E-state index in [4.69, 9.17) is 28.4 Å². The van der Waals surface area contributed by atoms with Gasteiger partial charge >= 0.3 is 0 Å². The van der Waals surface area contributed by atoms with Gasteiger partial charge in [0.15, 0.2) is 12.6 Å². The van der Waals surface area contributed by atoms with Gasteiger partial charge in [-0.1, -0.05) is 42.5 Å². The topological polar surface area (TPSA) is 55.4 Å². The Morgan fingerprint density at radius 1 is 1.04 bits per heavy atom. The fourth-order valence-corrected chi connectivity index (χ4v) is 3.24. The van der Waals surface area contributed by atoms with Crippen molar-refractivity contribution in [3.05, 3.63) is 61.2 Å². The highest BCUT2D eigenvalue weighted by molar-refractivity contribution is 5.16. The first-order valence-corrected chi connectivity index (χ1v) is 8.73. The zero-order valence-corrected chi connectivity index (χ0v) is 15.0. The van der Waals surface area contributed by atoms with E-state index in [9.17, 15) is 0 Å². The molecule has 0 radical (unpaired) electrons. The van der Waals surface area contributed by atoms with Gasteiger partial charge in [0.2, 0.25) is 0 Å². The van der Waals surface area contributed by atoms with Crippen LogP contribution in [0.25, 0.3) is 0 Å². The smallest absolute Gasteiger partial charge is 0.186 e. The van der Waals surface area contributed by atoms with Crippen molar-refractivity contribution in [3.63, 3.8) is 0 Å². The first kappa shape index (κ1) is 19.2. The molecule has 1 aromatic rings. The standard InChI is InChI=1S/C20H26O6/c1-4-11-22-17-16-15(25-20(21-3)18(17)23-12-5-2)13-24-19(26-16)14-9-7-6-8-10-14/h4-10,15-20H,1-2,11-13H2,3H3/t15-,16+,17+,18+,19+,20-/m1/s1. The van der Waals surface area contributed by atoms with Gasteiger partial charge < -0.3 is 28.4 Å². The first-order valence-electron chi connectivity index (χ1n) is 8.73. The molecule has 0 amide bonds. The van der Waals surface area contributed by atoms with Crippen molar-refractivity contribution in [2.75, 3.05) is 26.9 Å². The fraction of sp³-hybridized carbons (Fsp3) is 0.500. The van der Waals surface area contributed by atoms with E-state index in [0.29, 0.717) is 19.8 Å². The SMILES string of the molecule is C=CCO[C@@H]1[C@H](OCC=C)[C@H](OC)O[C@@H]2CO[C@H](c3ccccc3)O[C@H]12. The van der Waals surface area contributed by atoms with Gasteiger partial charge in [0.25, 0.3) is 0 Å². The van der Waals surface area contributed by atoms with E-state index in [2.05, 4.69) is 13.2 Å². The fourth-order valence-electron chi connectivity index (χ4n) is 3.24. The summed E-state index contributed by atoms with van der Waals surface area (Å²) in [5, 5.41) is 0. The zero-order valence-electron chi connectivity index (χ0n) is 15.0. The van der Waals surface area contributed by atoms with Crippen molar-refractivity contribution >= 4 is 0 Å². The summed E-state index contributed by atoms with van der Waals surface area (Å²) in [7, 11) is 1.58. The molecule has 26 heavy (non-hydrogen) atoms. The molecule has 0 N–H and O–H groups in total. The Morgan fingerprint density at radius 3 is 2.38 bits per heavy atom. The van der Waals surface area contributed by atoms with Crippen molar-refractivity contribution in [2.24, 2.45) is 0 Å². The molecular weight excluding hydrogens is 336 g/mol. The normalized spacial score (nSPS) is 34.0. The van der Waals surface area contributed by atoms with Crippen LogP contribution in [0.5, 0.6) is 0 Å². The quantitative estimate of drug-likeness (QED) is 0.663. The summed E-state index contributed by atoms with van der Waals surface area (Å²) in [5.74, 6) is 0. The average molecular weight is 362 g/mol. The molecule has 6 atom stereocenters. The Kier molecular flexibility index (Phi) is 6.96. The van der Waals surface area contributed by atoms with Crippen LogP contribution in [0.1, 0.15) is 11.9 Å². The molecule has 142 valence electrons. The molecule has 2 heterocycles.